The van der Waals surface area contributed by atoms with E-state index in [1.54, 1.807) is 12.4 Å². The van der Waals surface area contributed by atoms with E-state index in [4.69, 9.17) is 0 Å². The van der Waals surface area contributed by atoms with Crippen LogP contribution in [0.3, 0.4) is 0 Å². The highest BCUT2D eigenvalue weighted by atomic mass is 16.1. The molecule has 0 bridgehead atoms. The molecule has 0 N–H and O–H groups in total. The standard InChI is InChI=1S/C17H16N2O/c1-12-14(8-5-9-15(12)20)17-16(18-10-11-19-17)13-6-3-2-4-7-13/h2-4,6-7,10-11H,5,8-9H2,1H3. The van der Waals surface area contributed by atoms with Gasteiger partial charge in [-0.3, -0.25) is 14.8 Å². The number of carbonyl (C=O) groups excluding carboxylic acids is 1. The van der Waals surface area contributed by atoms with Crippen molar-refractivity contribution in [2.24, 2.45) is 0 Å². The van der Waals surface area contributed by atoms with E-state index in [1.165, 1.54) is 0 Å². The van der Waals surface area contributed by atoms with Crippen LogP contribution in [0.2, 0.25) is 0 Å². The van der Waals surface area contributed by atoms with Crippen LogP contribution in [0.5, 0.6) is 0 Å². The molecule has 100 valence electrons. The number of benzene rings is 1. The first kappa shape index (κ1) is 12.7. The number of rotatable bonds is 2. The van der Waals surface area contributed by atoms with Crippen LogP contribution in [-0.4, -0.2) is 15.8 Å². The number of nitrogens with zero attached hydrogens (tertiary/aromatic N) is 2. The minimum Gasteiger partial charge on any atom is -0.295 e. The van der Waals surface area contributed by atoms with Crippen molar-refractivity contribution in [3.63, 3.8) is 0 Å². The first-order chi connectivity index (χ1) is 9.77. The van der Waals surface area contributed by atoms with Gasteiger partial charge in [-0.15, -0.1) is 0 Å². The molecule has 20 heavy (non-hydrogen) atoms. The molecule has 0 fully saturated rings. The SMILES string of the molecule is CC1=C(c2nccnc2-c2ccccc2)CCCC1=O. The average Bonchev–Trinajstić information content (AvgIpc) is 2.51. The summed E-state index contributed by atoms with van der Waals surface area (Å²) in [6, 6.07) is 10.00. The summed E-state index contributed by atoms with van der Waals surface area (Å²) in [5.41, 5.74) is 4.64. The van der Waals surface area contributed by atoms with Crippen LogP contribution in [0.25, 0.3) is 16.8 Å². The van der Waals surface area contributed by atoms with Crippen molar-refractivity contribution in [1.82, 2.24) is 9.97 Å². The predicted molar refractivity (Wildman–Crippen MR) is 78.9 cm³/mol. The molecule has 1 heterocycles. The van der Waals surface area contributed by atoms with Gasteiger partial charge in [-0.25, -0.2) is 0 Å². The number of aromatic nitrogens is 2. The average molecular weight is 264 g/mol. The first-order valence-electron chi connectivity index (χ1n) is 6.87. The van der Waals surface area contributed by atoms with Gasteiger partial charge in [0.15, 0.2) is 5.78 Å². The molecule has 0 aliphatic heterocycles. The van der Waals surface area contributed by atoms with E-state index >= 15 is 0 Å². The third-order valence-electron chi connectivity index (χ3n) is 3.73. The van der Waals surface area contributed by atoms with E-state index < -0.39 is 0 Å². The summed E-state index contributed by atoms with van der Waals surface area (Å²) in [5, 5.41) is 0. The van der Waals surface area contributed by atoms with E-state index in [0.29, 0.717) is 6.42 Å². The Balaban J connectivity index is 2.16. The van der Waals surface area contributed by atoms with Crippen molar-refractivity contribution < 1.29 is 4.79 Å². The fraction of sp³-hybridized carbons (Fsp3) is 0.235. The summed E-state index contributed by atoms with van der Waals surface area (Å²) >= 11 is 0. The zero-order valence-corrected chi connectivity index (χ0v) is 11.5. The zero-order valence-electron chi connectivity index (χ0n) is 11.5. The Labute approximate surface area is 118 Å². The number of allylic oxidation sites excluding steroid dienone is 2. The van der Waals surface area contributed by atoms with Crippen LogP contribution < -0.4 is 0 Å². The monoisotopic (exact) mass is 264 g/mol. The molecule has 0 radical (unpaired) electrons. The minimum absolute atomic E-state index is 0.232. The second-order valence-corrected chi connectivity index (χ2v) is 5.00. The maximum atomic E-state index is 11.9. The molecule has 0 atom stereocenters. The molecule has 1 aliphatic rings. The van der Waals surface area contributed by atoms with Gasteiger partial charge in [0.2, 0.25) is 0 Å². The highest BCUT2D eigenvalue weighted by Crippen LogP contribution is 2.33. The molecule has 3 rings (SSSR count). The third-order valence-corrected chi connectivity index (χ3v) is 3.73. The van der Waals surface area contributed by atoms with Crippen LogP contribution >= 0.6 is 0 Å². The maximum Gasteiger partial charge on any atom is 0.158 e. The molecular weight excluding hydrogens is 248 g/mol. The van der Waals surface area contributed by atoms with Gasteiger partial charge in [0.05, 0.1) is 11.4 Å². The highest BCUT2D eigenvalue weighted by Gasteiger charge is 2.21. The molecule has 0 saturated heterocycles. The van der Waals surface area contributed by atoms with Crippen LogP contribution in [0, 0.1) is 0 Å². The summed E-state index contributed by atoms with van der Waals surface area (Å²) < 4.78 is 0. The number of hydrogen-bond donors (Lipinski definition) is 0. The molecule has 1 aromatic carbocycles. The molecule has 0 unspecified atom stereocenters. The van der Waals surface area contributed by atoms with Gasteiger partial charge >= 0.3 is 0 Å². The van der Waals surface area contributed by atoms with Crippen molar-refractivity contribution in [3.8, 4) is 11.3 Å². The van der Waals surface area contributed by atoms with Gasteiger partial charge in [-0.1, -0.05) is 30.3 Å². The lowest BCUT2D eigenvalue weighted by molar-refractivity contribution is -0.115. The topological polar surface area (TPSA) is 42.9 Å². The largest absolute Gasteiger partial charge is 0.295 e. The Bertz CT molecular complexity index is 674. The molecule has 1 aromatic heterocycles. The molecular formula is C17H16N2O. The van der Waals surface area contributed by atoms with Crippen LogP contribution in [0.15, 0.2) is 48.3 Å². The van der Waals surface area contributed by atoms with Crippen LogP contribution in [0.4, 0.5) is 0 Å². The van der Waals surface area contributed by atoms with Crippen molar-refractivity contribution in [3.05, 3.63) is 54.0 Å². The number of hydrogen-bond acceptors (Lipinski definition) is 3. The lowest BCUT2D eigenvalue weighted by Gasteiger charge is -2.18. The third kappa shape index (κ3) is 2.27. The molecule has 1 aliphatic carbocycles. The quantitative estimate of drug-likeness (QED) is 0.831. The first-order valence-corrected chi connectivity index (χ1v) is 6.87. The van der Waals surface area contributed by atoms with Gasteiger partial charge in [0.1, 0.15) is 0 Å². The molecule has 2 aromatic rings. The van der Waals surface area contributed by atoms with Crippen molar-refractivity contribution in [2.45, 2.75) is 26.2 Å². The van der Waals surface area contributed by atoms with Gasteiger partial charge in [0, 0.05) is 24.4 Å². The van der Waals surface area contributed by atoms with Gasteiger partial charge in [-0.2, -0.15) is 0 Å². The Hall–Kier alpha value is -2.29. The van der Waals surface area contributed by atoms with Crippen LogP contribution in [-0.2, 0) is 4.79 Å². The van der Waals surface area contributed by atoms with Crippen LogP contribution in [0.1, 0.15) is 31.9 Å². The lowest BCUT2D eigenvalue weighted by atomic mass is 9.88. The van der Waals surface area contributed by atoms with Crippen molar-refractivity contribution in [2.75, 3.05) is 0 Å². The van der Waals surface area contributed by atoms with Crippen molar-refractivity contribution >= 4 is 11.4 Å². The fourth-order valence-electron chi connectivity index (χ4n) is 2.63. The number of ketones is 1. The second kappa shape index (κ2) is 5.37. The highest BCUT2D eigenvalue weighted by molar-refractivity contribution is 6.04. The molecule has 0 spiro atoms. The smallest absolute Gasteiger partial charge is 0.158 e. The molecule has 3 heteroatoms. The number of Topliss-reactive ketones (excluding diaryl/α,β-unsaturated/α-hetero) is 1. The summed E-state index contributed by atoms with van der Waals surface area (Å²) in [6.45, 7) is 1.90. The van der Waals surface area contributed by atoms with Gasteiger partial charge in [0.25, 0.3) is 0 Å². The van der Waals surface area contributed by atoms with E-state index in [1.807, 2.05) is 37.3 Å². The summed E-state index contributed by atoms with van der Waals surface area (Å²) in [4.78, 5) is 20.9. The Morgan fingerprint density at radius 1 is 0.950 bits per heavy atom. The molecule has 0 saturated carbocycles. The summed E-state index contributed by atoms with van der Waals surface area (Å²) in [7, 11) is 0. The Morgan fingerprint density at radius 2 is 1.65 bits per heavy atom. The van der Waals surface area contributed by atoms with E-state index in [2.05, 4.69) is 9.97 Å². The lowest BCUT2D eigenvalue weighted by Crippen LogP contribution is -2.10. The van der Waals surface area contributed by atoms with Gasteiger partial charge < -0.3 is 0 Å². The van der Waals surface area contributed by atoms with Crippen molar-refractivity contribution in [1.29, 1.82) is 0 Å². The predicted octanol–water partition coefficient (Wildman–Crippen LogP) is 3.67. The molecule has 3 nitrogen and oxygen atoms in total. The van der Waals surface area contributed by atoms with E-state index in [-0.39, 0.29) is 5.78 Å². The van der Waals surface area contributed by atoms with E-state index in [0.717, 1.165) is 40.9 Å². The molecule has 0 amide bonds. The number of carbonyl (C=O) groups is 1. The van der Waals surface area contributed by atoms with Gasteiger partial charge in [-0.05, 0) is 30.9 Å². The Morgan fingerprint density at radius 3 is 2.40 bits per heavy atom. The zero-order chi connectivity index (χ0) is 13.9. The Kier molecular flexibility index (Phi) is 3.42. The fourth-order valence-corrected chi connectivity index (χ4v) is 2.63. The summed E-state index contributed by atoms with van der Waals surface area (Å²) in [6.07, 6.45) is 5.84. The maximum absolute atomic E-state index is 11.9. The van der Waals surface area contributed by atoms with E-state index in [9.17, 15) is 4.79 Å². The second-order valence-electron chi connectivity index (χ2n) is 5.00. The normalized spacial score (nSPS) is 15.6. The minimum atomic E-state index is 0.232. The summed E-state index contributed by atoms with van der Waals surface area (Å²) in [5.74, 6) is 0.232.